The van der Waals surface area contributed by atoms with Crippen LogP contribution < -0.4 is 20.9 Å². The Morgan fingerprint density at radius 1 is 1.21 bits per heavy atom. The van der Waals surface area contributed by atoms with E-state index in [9.17, 15) is 18.3 Å². The van der Waals surface area contributed by atoms with E-state index in [2.05, 4.69) is 9.71 Å². The van der Waals surface area contributed by atoms with E-state index in [1.807, 2.05) is 6.92 Å². The van der Waals surface area contributed by atoms with Crippen molar-refractivity contribution >= 4 is 22.0 Å². The zero-order valence-electron chi connectivity index (χ0n) is 16.1. The van der Waals surface area contributed by atoms with Crippen LogP contribution in [0.2, 0.25) is 0 Å². The molecule has 0 radical (unpaired) electrons. The minimum absolute atomic E-state index is 0.0550. The van der Waals surface area contributed by atoms with Gasteiger partial charge in [-0.1, -0.05) is 25.5 Å². The number of rotatable bonds is 14. The Kier molecular flexibility index (Phi) is 10.3. The first-order valence-electron chi connectivity index (χ1n) is 9.23. The summed E-state index contributed by atoms with van der Waals surface area (Å²) in [6, 6.07) is 5.71. The van der Waals surface area contributed by atoms with Crippen molar-refractivity contribution in [3.05, 3.63) is 29.8 Å². The molecule has 0 aromatic heterocycles. The van der Waals surface area contributed by atoms with Gasteiger partial charge >= 0.3 is 5.97 Å². The predicted molar refractivity (Wildman–Crippen MR) is 109 cm³/mol. The third-order valence-electron chi connectivity index (χ3n) is 3.87. The smallest absolute Gasteiger partial charge is 0.322 e. The summed E-state index contributed by atoms with van der Waals surface area (Å²) in [5.74, 6) is -0.561. The number of benzene rings is 1. The molecular weight excluding hydrogens is 384 g/mol. The molecule has 0 spiro atoms. The third kappa shape index (κ3) is 10.1. The third-order valence-corrected chi connectivity index (χ3v) is 5.34. The van der Waals surface area contributed by atoms with E-state index in [0.29, 0.717) is 37.3 Å². The zero-order valence-corrected chi connectivity index (χ0v) is 17.0. The molecule has 9 nitrogen and oxygen atoms in total. The summed E-state index contributed by atoms with van der Waals surface area (Å²) in [5, 5.41) is 9.32. The van der Waals surface area contributed by atoms with Gasteiger partial charge in [-0.3, -0.25) is 9.79 Å². The van der Waals surface area contributed by atoms with Gasteiger partial charge in [0.15, 0.2) is 5.96 Å². The molecule has 1 rings (SSSR count). The molecule has 0 amide bonds. The molecule has 0 aliphatic carbocycles. The Labute approximate surface area is 166 Å². The van der Waals surface area contributed by atoms with Crippen LogP contribution >= 0.6 is 0 Å². The number of carboxylic acids is 1. The molecule has 1 atom stereocenters. The van der Waals surface area contributed by atoms with Gasteiger partial charge in [-0.2, -0.15) is 0 Å². The monoisotopic (exact) mass is 414 g/mol. The van der Waals surface area contributed by atoms with Crippen molar-refractivity contribution in [2.75, 3.05) is 18.9 Å². The van der Waals surface area contributed by atoms with Gasteiger partial charge in [0.25, 0.3) is 0 Å². The summed E-state index contributed by atoms with van der Waals surface area (Å²) in [7, 11) is -3.62. The SMILES string of the molecule is CCCCS(=O)(=O)N[C@H](Cc1ccc(OCCCCN=C(N)N)cc1)C(=O)O. The van der Waals surface area contributed by atoms with Gasteiger partial charge in [0.1, 0.15) is 11.8 Å². The first kappa shape index (κ1) is 23.7. The zero-order chi connectivity index (χ0) is 21.0. The molecular formula is C18H30N4O5S. The van der Waals surface area contributed by atoms with Crippen molar-refractivity contribution < 1.29 is 23.1 Å². The number of aliphatic imine (C=N–C) groups is 1. The van der Waals surface area contributed by atoms with Crippen LogP contribution in [0.3, 0.4) is 0 Å². The van der Waals surface area contributed by atoms with Crippen LogP contribution in [0.4, 0.5) is 0 Å². The van der Waals surface area contributed by atoms with Crippen LogP contribution in [0.1, 0.15) is 38.2 Å². The number of guanidine groups is 1. The molecule has 0 aliphatic heterocycles. The molecule has 10 heteroatoms. The normalized spacial score (nSPS) is 12.3. The highest BCUT2D eigenvalue weighted by Gasteiger charge is 2.24. The number of sulfonamides is 1. The van der Waals surface area contributed by atoms with E-state index in [-0.39, 0.29) is 18.1 Å². The molecule has 28 heavy (non-hydrogen) atoms. The minimum atomic E-state index is -3.62. The maximum atomic E-state index is 12.0. The maximum absolute atomic E-state index is 12.0. The van der Waals surface area contributed by atoms with Crippen molar-refractivity contribution in [3.8, 4) is 5.75 Å². The fourth-order valence-corrected chi connectivity index (χ4v) is 3.76. The second-order valence-corrected chi connectivity index (χ2v) is 8.26. The largest absolute Gasteiger partial charge is 0.494 e. The lowest BCUT2D eigenvalue weighted by atomic mass is 10.1. The van der Waals surface area contributed by atoms with Gasteiger partial charge in [-0.15, -0.1) is 0 Å². The van der Waals surface area contributed by atoms with Gasteiger partial charge in [-0.25, -0.2) is 13.1 Å². The van der Waals surface area contributed by atoms with Crippen LogP contribution in [-0.2, 0) is 21.2 Å². The highest BCUT2D eigenvalue weighted by molar-refractivity contribution is 7.89. The van der Waals surface area contributed by atoms with Gasteiger partial charge in [0, 0.05) is 6.54 Å². The fourth-order valence-electron chi connectivity index (χ4n) is 2.36. The molecule has 0 heterocycles. The van der Waals surface area contributed by atoms with Crippen molar-refractivity contribution in [3.63, 3.8) is 0 Å². The number of aliphatic carboxylic acids is 1. The molecule has 158 valence electrons. The second kappa shape index (κ2) is 12.2. The van der Waals surface area contributed by atoms with E-state index in [4.69, 9.17) is 16.2 Å². The lowest BCUT2D eigenvalue weighted by molar-refractivity contribution is -0.138. The van der Waals surface area contributed by atoms with Gasteiger partial charge < -0.3 is 21.3 Å². The first-order chi connectivity index (χ1) is 13.2. The number of carbonyl (C=O) groups is 1. The molecule has 1 aromatic rings. The number of hydrogen-bond donors (Lipinski definition) is 4. The summed E-state index contributed by atoms with van der Waals surface area (Å²) in [4.78, 5) is 15.3. The fraction of sp³-hybridized carbons (Fsp3) is 0.556. The topological polar surface area (TPSA) is 157 Å². The second-order valence-electron chi connectivity index (χ2n) is 6.39. The summed E-state index contributed by atoms with van der Waals surface area (Å²) in [5.41, 5.74) is 11.2. The van der Waals surface area contributed by atoms with Crippen LogP contribution in [-0.4, -0.2) is 50.4 Å². The van der Waals surface area contributed by atoms with Gasteiger partial charge in [-0.05, 0) is 43.4 Å². The van der Waals surface area contributed by atoms with E-state index in [0.717, 1.165) is 12.8 Å². The summed E-state index contributed by atoms with van der Waals surface area (Å²) >= 11 is 0. The Hall–Kier alpha value is -2.33. The Balaban J connectivity index is 2.52. The molecule has 0 bridgehead atoms. The molecule has 6 N–H and O–H groups in total. The molecule has 0 fully saturated rings. The average molecular weight is 415 g/mol. The highest BCUT2D eigenvalue weighted by atomic mass is 32.2. The van der Waals surface area contributed by atoms with E-state index in [1.165, 1.54) is 0 Å². The van der Waals surface area contributed by atoms with Gasteiger partial charge in [0.05, 0.1) is 12.4 Å². The number of nitrogens with zero attached hydrogens (tertiary/aromatic N) is 1. The highest BCUT2D eigenvalue weighted by Crippen LogP contribution is 2.14. The van der Waals surface area contributed by atoms with E-state index in [1.54, 1.807) is 24.3 Å². The maximum Gasteiger partial charge on any atom is 0.322 e. The van der Waals surface area contributed by atoms with Crippen molar-refractivity contribution in [1.82, 2.24) is 4.72 Å². The molecule has 0 aliphatic rings. The van der Waals surface area contributed by atoms with Crippen LogP contribution in [0, 0.1) is 0 Å². The van der Waals surface area contributed by atoms with Crippen LogP contribution in [0.25, 0.3) is 0 Å². The number of hydrogen-bond acceptors (Lipinski definition) is 5. The summed E-state index contributed by atoms with van der Waals surface area (Å²) < 4.78 is 31.8. The molecule has 0 saturated heterocycles. The van der Waals surface area contributed by atoms with Crippen LogP contribution in [0.15, 0.2) is 29.3 Å². The quantitative estimate of drug-likeness (QED) is 0.199. The standard InChI is InChI=1S/C18H30N4O5S/c1-2-3-12-28(25,26)22-16(17(23)24)13-14-6-8-15(9-7-14)27-11-5-4-10-21-18(19)20/h6-9,16,22H,2-5,10-13H2,1H3,(H,23,24)(H4,19,20,21)/t16-/m1/s1. The predicted octanol–water partition coefficient (Wildman–Crippen LogP) is 0.834. The van der Waals surface area contributed by atoms with E-state index >= 15 is 0 Å². The average Bonchev–Trinajstić information content (AvgIpc) is 2.63. The molecule has 1 aromatic carbocycles. The van der Waals surface area contributed by atoms with Crippen molar-refractivity contribution in [2.45, 2.75) is 45.1 Å². The Bertz CT molecular complexity index is 731. The Morgan fingerprint density at radius 2 is 1.89 bits per heavy atom. The number of nitrogens with one attached hydrogen (secondary N) is 1. The Morgan fingerprint density at radius 3 is 2.46 bits per heavy atom. The summed E-state index contributed by atoms with van der Waals surface area (Å²) in [6.45, 7) is 2.93. The van der Waals surface area contributed by atoms with Crippen LogP contribution in [0.5, 0.6) is 5.75 Å². The van der Waals surface area contributed by atoms with Crippen molar-refractivity contribution in [1.29, 1.82) is 0 Å². The number of unbranched alkanes of at least 4 members (excludes halogenated alkanes) is 2. The van der Waals surface area contributed by atoms with E-state index < -0.39 is 22.0 Å². The van der Waals surface area contributed by atoms with Crippen molar-refractivity contribution in [2.24, 2.45) is 16.5 Å². The number of ether oxygens (including phenoxy) is 1. The molecule has 0 saturated carbocycles. The lowest BCUT2D eigenvalue weighted by Crippen LogP contribution is -2.43. The summed E-state index contributed by atoms with van der Waals surface area (Å²) in [6.07, 6.45) is 2.85. The minimum Gasteiger partial charge on any atom is -0.494 e. The number of carboxylic acid groups (broad SMARTS) is 1. The first-order valence-corrected chi connectivity index (χ1v) is 10.9. The van der Waals surface area contributed by atoms with Gasteiger partial charge in [0.2, 0.25) is 10.0 Å². The molecule has 0 unspecified atom stereocenters. The number of nitrogens with two attached hydrogens (primary N) is 2. The lowest BCUT2D eigenvalue weighted by Gasteiger charge is -2.15.